The summed E-state index contributed by atoms with van der Waals surface area (Å²) < 4.78 is 0. The van der Waals surface area contributed by atoms with Crippen LogP contribution in [0.15, 0.2) is 0 Å². The fraction of sp³-hybridized carbons (Fsp3) is 0.909. The molecule has 1 amide bonds. The molecule has 4 N–H and O–H groups in total. The monoisotopic (exact) mass is 230 g/mol. The van der Waals surface area contributed by atoms with Gasteiger partial charge in [0.2, 0.25) is 5.91 Å². The number of nitrogens with two attached hydrogens (primary N) is 2. The molecule has 4 heteroatoms. The second kappa shape index (κ2) is 5.75. The number of hydrogen-bond acceptors (Lipinski definition) is 3. The lowest BCUT2D eigenvalue weighted by molar-refractivity contribution is -0.123. The van der Waals surface area contributed by atoms with Crippen LogP contribution in [0.5, 0.6) is 0 Å². The molecule has 1 unspecified atom stereocenters. The third-order valence-corrected chi connectivity index (χ3v) is 4.26. The summed E-state index contributed by atoms with van der Waals surface area (Å²) in [6, 6.07) is 0. The molecule has 0 radical (unpaired) electrons. The smallest absolute Gasteiger partial charge is 0.238 e. The minimum Gasteiger partial charge on any atom is -0.368 e. The van der Waals surface area contributed by atoms with Gasteiger partial charge in [-0.15, -0.1) is 0 Å². The largest absolute Gasteiger partial charge is 0.368 e. The molecule has 1 aliphatic rings. The molecule has 0 bridgehead atoms. The molecular formula is C11H22N2OS. The summed E-state index contributed by atoms with van der Waals surface area (Å²) in [6.45, 7) is 2.19. The molecule has 0 aromatic rings. The van der Waals surface area contributed by atoms with E-state index in [4.69, 9.17) is 11.5 Å². The number of amides is 1. The molecule has 3 nitrogen and oxygen atoms in total. The van der Waals surface area contributed by atoms with Gasteiger partial charge in [-0.25, -0.2) is 0 Å². The zero-order valence-corrected chi connectivity index (χ0v) is 10.3. The van der Waals surface area contributed by atoms with E-state index in [1.54, 1.807) is 11.8 Å². The molecule has 0 aromatic heterocycles. The minimum atomic E-state index is -0.739. The van der Waals surface area contributed by atoms with Crippen molar-refractivity contribution in [3.05, 3.63) is 0 Å². The van der Waals surface area contributed by atoms with E-state index in [9.17, 15) is 4.79 Å². The fourth-order valence-corrected chi connectivity index (χ4v) is 2.95. The van der Waals surface area contributed by atoms with Gasteiger partial charge >= 0.3 is 0 Å². The predicted molar refractivity (Wildman–Crippen MR) is 65.7 cm³/mol. The molecule has 1 saturated carbocycles. The molecule has 0 aliphatic heterocycles. The Morgan fingerprint density at radius 2 is 2.13 bits per heavy atom. The second-order valence-corrected chi connectivity index (χ2v) is 5.54. The van der Waals surface area contributed by atoms with Gasteiger partial charge in [-0.3, -0.25) is 4.79 Å². The summed E-state index contributed by atoms with van der Waals surface area (Å²) in [6.07, 6.45) is 5.82. The Hall–Kier alpha value is -0.220. The highest BCUT2D eigenvalue weighted by Gasteiger charge is 2.46. The lowest BCUT2D eigenvalue weighted by atomic mass is 9.96. The number of carbonyl (C=O) groups excluding carboxylic acids is 1. The van der Waals surface area contributed by atoms with Crippen LogP contribution < -0.4 is 11.5 Å². The summed E-state index contributed by atoms with van der Waals surface area (Å²) in [7, 11) is 0. The summed E-state index contributed by atoms with van der Waals surface area (Å²) in [5, 5.41) is 0. The summed E-state index contributed by atoms with van der Waals surface area (Å²) in [5.74, 6) is 1.80. The maximum atomic E-state index is 11.3. The third-order valence-electron chi connectivity index (χ3n) is 3.00. The van der Waals surface area contributed by atoms with E-state index < -0.39 is 5.54 Å². The van der Waals surface area contributed by atoms with E-state index >= 15 is 0 Å². The highest BCUT2D eigenvalue weighted by atomic mass is 32.2. The van der Waals surface area contributed by atoms with Gasteiger partial charge in [0.15, 0.2) is 0 Å². The van der Waals surface area contributed by atoms with Gasteiger partial charge in [0.1, 0.15) is 5.54 Å². The van der Waals surface area contributed by atoms with Gasteiger partial charge in [-0.05, 0) is 30.9 Å². The maximum absolute atomic E-state index is 11.3. The van der Waals surface area contributed by atoms with Crippen LogP contribution >= 0.6 is 11.8 Å². The normalized spacial score (nSPS) is 19.9. The van der Waals surface area contributed by atoms with Crippen LogP contribution in [0.2, 0.25) is 0 Å². The van der Waals surface area contributed by atoms with Crippen molar-refractivity contribution in [2.45, 2.75) is 44.6 Å². The highest BCUT2D eigenvalue weighted by Crippen LogP contribution is 2.39. The molecule has 0 aromatic carbocycles. The van der Waals surface area contributed by atoms with Gasteiger partial charge in [0, 0.05) is 5.75 Å². The number of unbranched alkanes of at least 4 members (excludes halogenated alkanes) is 2. The van der Waals surface area contributed by atoms with Crippen molar-refractivity contribution in [3.8, 4) is 0 Å². The first kappa shape index (κ1) is 12.8. The van der Waals surface area contributed by atoms with Crippen LogP contribution in [-0.2, 0) is 4.79 Å². The van der Waals surface area contributed by atoms with Crippen molar-refractivity contribution in [3.63, 3.8) is 0 Å². The highest BCUT2D eigenvalue weighted by molar-refractivity contribution is 7.99. The molecule has 1 aliphatic carbocycles. The van der Waals surface area contributed by atoms with Crippen molar-refractivity contribution in [2.24, 2.45) is 17.4 Å². The number of thioether (sulfide) groups is 1. The van der Waals surface area contributed by atoms with Crippen molar-refractivity contribution in [1.29, 1.82) is 0 Å². The Kier molecular flexibility index (Phi) is 4.93. The lowest BCUT2D eigenvalue weighted by Gasteiger charge is -2.25. The molecule has 88 valence electrons. The first-order valence-corrected chi connectivity index (χ1v) is 6.93. The van der Waals surface area contributed by atoms with E-state index in [1.807, 2.05) is 0 Å². The zero-order valence-electron chi connectivity index (χ0n) is 9.50. The van der Waals surface area contributed by atoms with Crippen molar-refractivity contribution < 1.29 is 4.79 Å². The summed E-state index contributed by atoms with van der Waals surface area (Å²) in [5.41, 5.74) is 10.7. The molecule has 1 rings (SSSR count). The van der Waals surface area contributed by atoms with E-state index in [-0.39, 0.29) is 5.91 Å². The first-order valence-electron chi connectivity index (χ1n) is 5.77. The Morgan fingerprint density at radius 3 is 2.60 bits per heavy atom. The third kappa shape index (κ3) is 3.68. The number of primary amides is 1. The average molecular weight is 230 g/mol. The Labute approximate surface area is 96.3 Å². The first-order chi connectivity index (χ1) is 7.11. The van der Waals surface area contributed by atoms with Crippen molar-refractivity contribution in [1.82, 2.24) is 0 Å². The van der Waals surface area contributed by atoms with E-state index in [0.29, 0.717) is 11.7 Å². The molecule has 0 spiro atoms. The number of hydrogen-bond donors (Lipinski definition) is 2. The second-order valence-electron chi connectivity index (χ2n) is 4.44. The van der Waals surface area contributed by atoms with Crippen LogP contribution in [0.1, 0.15) is 39.0 Å². The molecule has 0 saturated heterocycles. The number of carbonyl (C=O) groups is 1. The molecule has 15 heavy (non-hydrogen) atoms. The fourth-order valence-electron chi connectivity index (χ4n) is 1.68. The van der Waals surface area contributed by atoms with Crippen LogP contribution in [-0.4, -0.2) is 23.0 Å². The minimum absolute atomic E-state index is 0.326. The Morgan fingerprint density at radius 1 is 1.47 bits per heavy atom. The molecule has 1 fully saturated rings. The quantitative estimate of drug-likeness (QED) is 0.621. The van der Waals surface area contributed by atoms with E-state index in [0.717, 1.165) is 18.6 Å². The predicted octanol–water partition coefficient (Wildman–Crippen LogP) is 1.50. The maximum Gasteiger partial charge on any atom is 0.238 e. The summed E-state index contributed by atoms with van der Waals surface area (Å²) >= 11 is 1.77. The topological polar surface area (TPSA) is 69.1 Å². The van der Waals surface area contributed by atoms with Crippen molar-refractivity contribution >= 4 is 17.7 Å². The van der Waals surface area contributed by atoms with Crippen LogP contribution in [0, 0.1) is 5.92 Å². The standard InChI is InChI=1S/C11H22N2OS/c1-2-3-4-7-15-8-11(13,10(12)14)9-5-6-9/h9H,2-8,13H2,1H3,(H2,12,14). The van der Waals surface area contributed by atoms with Crippen molar-refractivity contribution in [2.75, 3.05) is 11.5 Å². The zero-order chi connectivity index (χ0) is 11.3. The lowest BCUT2D eigenvalue weighted by Crippen LogP contribution is -2.56. The van der Waals surface area contributed by atoms with E-state index in [1.165, 1.54) is 19.3 Å². The van der Waals surface area contributed by atoms with Gasteiger partial charge < -0.3 is 11.5 Å². The van der Waals surface area contributed by atoms with Gasteiger partial charge in [-0.2, -0.15) is 11.8 Å². The summed E-state index contributed by atoms with van der Waals surface area (Å²) in [4.78, 5) is 11.3. The average Bonchev–Trinajstić information content (AvgIpc) is 3.00. The number of rotatable bonds is 8. The van der Waals surface area contributed by atoms with Gasteiger partial charge in [0.25, 0.3) is 0 Å². The Balaban J connectivity index is 2.23. The van der Waals surface area contributed by atoms with Crippen LogP contribution in [0.4, 0.5) is 0 Å². The van der Waals surface area contributed by atoms with Crippen LogP contribution in [0.25, 0.3) is 0 Å². The Bertz CT molecular complexity index is 219. The molecule has 0 heterocycles. The molecule has 1 atom stereocenters. The van der Waals surface area contributed by atoms with E-state index in [2.05, 4.69) is 6.92 Å². The van der Waals surface area contributed by atoms with Gasteiger partial charge in [-0.1, -0.05) is 19.8 Å². The van der Waals surface area contributed by atoms with Gasteiger partial charge in [0.05, 0.1) is 0 Å². The molecular weight excluding hydrogens is 208 g/mol. The SMILES string of the molecule is CCCCCSCC(N)(C(N)=O)C1CC1. The van der Waals surface area contributed by atoms with Crippen LogP contribution in [0.3, 0.4) is 0 Å².